The van der Waals surface area contributed by atoms with Crippen LogP contribution in [0, 0.1) is 11.8 Å². The summed E-state index contributed by atoms with van der Waals surface area (Å²) in [4.78, 5) is 30.2. The van der Waals surface area contributed by atoms with E-state index in [1.165, 1.54) is 16.9 Å². The summed E-state index contributed by atoms with van der Waals surface area (Å²) in [5.74, 6) is 1.18. The Hall–Kier alpha value is -2.14. The third-order valence-electron chi connectivity index (χ3n) is 6.16. The molecular formula is C23H28N2O2S. The minimum Gasteiger partial charge on any atom is -0.342 e. The molecule has 4 nitrogen and oxygen atoms in total. The molecule has 0 aliphatic carbocycles. The summed E-state index contributed by atoms with van der Waals surface area (Å²) < 4.78 is 0. The van der Waals surface area contributed by atoms with Crippen LogP contribution in [0.1, 0.15) is 40.9 Å². The number of hydrogen-bond donors (Lipinski definition) is 0. The molecule has 0 unspecified atom stereocenters. The van der Waals surface area contributed by atoms with E-state index in [9.17, 15) is 9.59 Å². The molecule has 5 heteroatoms. The number of piperidine rings is 2. The van der Waals surface area contributed by atoms with Gasteiger partial charge in [-0.05, 0) is 55.0 Å². The van der Waals surface area contributed by atoms with E-state index in [0.29, 0.717) is 24.9 Å². The predicted octanol–water partition coefficient (Wildman–Crippen LogP) is 4.08. The Labute approximate surface area is 171 Å². The molecule has 1 aromatic carbocycles. The van der Waals surface area contributed by atoms with Gasteiger partial charge in [0.05, 0.1) is 4.88 Å². The number of likely N-dealkylation sites (tertiary alicyclic amines) is 2. The molecule has 28 heavy (non-hydrogen) atoms. The number of thiophene rings is 1. The Kier molecular flexibility index (Phi) is 6.10. The lowest BCUT2D eigenvalue weighted by Gasteiger charge is -2.37. The first-order chi connectivity index (χ1) is 13.7. The number of rotatable bonds is 4. The molecule has 0 radical (unpaired) electrons. The van der Waals surface area contributed by atoms with E-state index < -0.39 is 0 Å². The fraction of sp³-hybridized carbons (Fsp3) is 0.478. The maximum atomic E-state index is 12.9. The van der Waals surface area contributed by atoms with Gasteiger partial charge in [-0.3, -0.25) is 9.59 Å². The number of nitrogens with zero attached hydrogens (tertiary/aromatic N) is 2. The summed E-state index contributed by atoms with van der Waals surface area (Å²) >= 11 is 1.49. The van der Waals surface area contributed by atoms with E-state index in [0.717, 1.165) is 50.1 Å². The molecule has 4 rings (SSSR count). The zero-order valence-corrected chi connectivity index (χ0v) is 17.1. The Morgan fingerprint density at radius 1 is 0.857 bits per heavy atom. The van der Waals surface area contributed by atoms with Gasteiger partial charge in [0.15, 0.2) is 0 Å². The van der Waals surface area contributed by atoms with Gasteiger partial charge in [0.2, 0.25) is 5.91 Å². The Morgan fingerprint density at radius 3 is 2.18 bits per heavy atom. The van der Waals surface area contributed by atoms with Crippen molar-refractivity contribution in [3.8, 4) is 0 Å². The lowest BCUT2D eigenvalue weighted by atomic mass is 9.88. The molecule has 0 spiro atoms. The van der Waals surface area contributed by atoms with E-state index in [2.05, 4.69) is 35.2 Å². The maximum absolute atomic E-state index is 12.9. The molecule has 2 amide bonds. The first-order valence-corrected chi connectivity index (χ1v) is 11.2. The summed E-state index contributed by atoms with van der Waals surface area (Å²) in [6.45, 7) is 3.14. The average Bonchev–Trinajstić information content (AvgIpc) is 3.29. The van der Waals surface area contributed by atoms with Crippen LogP contribution in [0.25, 0.3) is 0 Å². The van der Waals surface area contributed by atoms with Crippen LogP contribution in [0.3, 0.4) is 0 Å². The number of hydrogen-bond acceptors (Lipinski definition) is 3. The lowest BCUT2D eigenvalue weighted by Crippen LogP contribution is -2.46. The van der Waals surface area contributed by atoms with Crippen molar-refractivity contribution in [2.24, 2.45) is 11.8 Å². The zero-order chi connectivity index (χ0) is 19.3. The van der Waals surface area contributed by atoms with Gasteiger partial charge in [-0.1, -0.05) is 36.4 Å². The van der Waals surface area contributed by atoms with Crippen molar-refractivity contribution in [2.45, 2.75) is 32.1 Å². The van der Waals surface area contributed by atoms with Gasteiger partial charge < -0.3 is 9.80 Å². The number of carbonyl (C=O) groups excluding carboxylic acids is 2. The molecule has 0 bridgehead atoms. The highest BCUT2D eigenvalue weighted by Gasteiger charge is 2.32. The molecular weight excluding hydrogens is 368 g/mol. The quantitative estimate of drug-likeness (QED) is 0.781. The van der Waals surface area contributed by atoms with E-state index in [1.54, 1.807) is 0 Å². The van der Waals surface area contributed by atoms with Gasteiger partial charge >= 0.3 is 0 Å². The van der Waals surface area contributed by atoms with E-state index in [1.807, 2.05) is 22.4 Å². The minimum absolute atomic E-state index is 0.0815. The second-order valence-corrected chi connectivity index (χ2v) is 8.95. The van der Waals surface area contributed by atoms with Crippen LogP contribution in [0.15, 0.2) is 47.8 Å². The molecule has 2 aromatic rings. The van der Waals surface area contributed by atoms with Crippen molar-refractivity contribution in [2.75, 3.05) is 26.2 Å². The summed E-state index contributed by atoms with van der Waals surface area (Å²) in [5, 5.41) is 1.94. The fourth-order valence-corrected chi connectivity index (χ4v) is 5.14. The largest absolute Gasteiger partial charge is 0.342 e. The van der Waals surface area contributed by atoms with Gasteiger partial charge in [0, 0.05) is 32.1 Å². The molecule has 0 N–H and O–H groups in total. The highest BCUT2D eigenvalue weighted by molar-refractivity contribution is 7.12. The summed E-state index contributed by atoms with van der Waals surface area (Å²) in [6, 6.07) is 14.4. The third-order valence-corrected chi connectivity index (χ3v) is 7.01. The molecule has 0 saturated carbocycles. The van der Waals surface area contributed by atoms with Crippen molar-refractivity contribution >= 4 is 23.2 Å². The van der Waals surface area contributed by atoms with Crippen LogP contribution >= 0.6 is 11.3 Å². The molecule has 2 fully saturated rings. The topological polar surface area (TPSA) is 40.6 Å². The van der Waals surface area contributed by atoms with Crippen molar-refractivity contribution in [1.29, 1.82) is 0 Å². The summed E-state index contributed by atoms with van der Waals surface area (Å²) in [7, 11) is 0. The van der Waals surface area contributed by atoms with Crippen LogP contribution in [0.2, 0.25) is 0 Å². The lowest BCUT2D eigenvalue weighted by molar-refractivity contribution is -0.138. The standard InChI is InChI=1S/C23H28N2O2S/c26-22(20-10-14-25(15-11-20)23(27)21-7-4-16-28-21)24-12-8-19(9-13-24)17-18-5-2-1-3-6-18/h1-7,16,19-20H,8-15,17H2. The van der Waals surface area contributed by atoms with Crippen molar-refractivity contribution < 1.29 is 9.59 Å². The number of benzene rings is 1. The van der Waals surface area contributed by atoms with Gasteiger partial charge in [-0.2, -0.15) is 0 Å². The molecule has 1 aromatic heterocycles. The highest BCUT2D eigenvalue weighted by atomic mass is 32.1. The first-order valence-electron chi connectivity index (χ1n) is 10.4. The predicted molar refractivity (Wildman–Crippen MR) is 112 cm³/mol. The zero-order valence-electron chi connectivity index (χ0n) is 16.3. The number of carbonyl (C=O) groups is 2. The summed E-state index contributed by atoms with van der Waals surface area (Å²) in [6.07, 6.45) is 4.89. The minimum atomic E-state index is 0.0815. The Bertz CT molecular complexity index is 774. The molecule has 2 aliphatic rings. The average molecular weight is 397 g/mol. The van der Waals surface area contributed by atoms with Crippen LogP contribution < -0.4 is 0 Å². The second-order valence-electron chi connectivity index (χ2n) is 8.00. The van der Waals surface area contributed by atoms with Crippen molar-refractivity contribution in [3.63, 3.8) is 0 Å². The van der Waals surface area contributed by atoms with Gasteiger partial charge in [0.25, 0.3) is 5.91 Å². The van der Waals surface area contributed by atoms with Gasteiger partial charge in [0.1, 0.15) is 0 Å². The van der Waals surface area contributed by atoms with Crippen molar-refractivity contribution in [1.82, 2.24) is 9.80 Å². The van der Waals surface area contributed by atoms with Crippen LogP contribution in [-0.2, 0) is 11.2 Å². The second kappa shape index (κ2) is 8.91. The van der Waals surface area contributed by atoms with E-state index in [-0.39, 0.29) is 11.8 Å². The van der Waals surface area contributed by atoms with Gasteiger partial charge in [-0.15, -0.1) is 11.3 Å². The Morgan fingerprint density at radius 2 is 1.54 bits per heavy atom. The van der Waals surface area contributed by atoms with Crippen LogP contribution in [0.5, 0.6) is 0 Å². The Balaban J connectivity index is 1.23. The molecule has 148 valence electrons. The molecule has 2 saturated heterocycles. The third kappa shape index (κ3) is 4.46. The highest BCUT2D eigenvalue weighted by Crippen LogP contribution is 2.26. The monoisotopic (exact) mass is 396 g/mol. The van der Waals surface area contributed by atoms with Gasteiger partial charge in [-0.25, -0.2) is 0 Å². The van der Waals surface area contributed by atoms with Crippen molar-refractivity contribution in [3.05, 3.63) is 58.3 Å². The molecule has 0 atom stereocenters. The first kappa shape index (κ1) is 19.2. The summed E-state index contributed by atoms with van der Waals surface area (Å²) in [5.41, 5.74) is 1.40. The van der Waals surface area contributed by atoms with E-state index in [4.69, 9.17) is 0 Å². The van der Waals surface area contributed by atoms with Crippen LogP contribution in [-0.4, -0.2) is 47.8 Å². The fourth-order valence-electron chi connectivity index (χ4n) is 4.45. The maximum Gasteiger partial charge on any atom is 0.263 e. The number of amides is 2. The SMILES string of the molecule is O=C(c1cccs1)N1CCC(C(=O)N2CCC(Cc3ccccc3)CC2)CC1. The van der Waals surface area contributed by atoms with Crippen LogP contribution in [0.4, 0.5) is 0 Å². The molecule has 3 heterocycles. The molecule has 2 aliphatic heterocycles. The van der Waals surface area contributed by atoms with E-state index >= 15 is 0 Å². The normalized spacial score (nSPS) is 19.0. The smallest absolute Gasteiger partial charge is 0.263 e.